The lowest BCUT2D eigenvalue weighted by Crippen LogP contribution is -2.23. The van der Waals surface area contributed by atoms with E-state index in [1.165, 1.54) is 0 Å². The third-order valence-electron chi connectivity index (χ3n) is 2.93. The van der Waals surface area contributed by atoms with E-state index in [9.17, 15) is 19.3 Å². The standard InChI is InChI=1S/C12H12FNO6/c13-7-1-3-10(9(5-7)14(17)18)19-6-8-2-4-11(20-8)12(15)16/h1,3,5,8,11H,2,4,6H2,(H,15,16). The smallest absolute Gasteiger partial charge is 0.332 e. The first-order valence-corrected chi connectivity index (χ1v) is 5.92. The molecule has 0 aliphatic carbocycles. The summed E-state index contributed by atoms with van der Waals surface area (Å²) in [6.45, 7) is -0.0176. The van der Waals surface area contributed by atoms with Crippen LogP contribution in [0.15, 0.2) is 18.2 Å². The van der Waals surface area contributed by atoms with Gasteiger partial charge in [0, 0.05) is 0 Å². The van der Waals surface area contributed by atoms with Gasteiger partial charge in [-0.25, -0.2) is 9.18 Å². The van der Waals surface area contributed by atoms with Crippen LogP contribution in [0.5, 0.6) is 5.75 Å². The van der Waals surface area contributed by atoms with Gasteiger partial charge in [-0.05, 0) is 25.0 Å². The van der Waals surface area contributed by atoms with E-state index in [0.717, 1.165) is 18.2 Å². The number of carboxylic acids is 1. The fraction of sp³-hybridized carbons (Fsp3) is 0.417. The monoisotopic (exact) mass is 285 g/mol. The molecule has 108 valence electrons. The highest BCUT2D eigenvalue weighted by Gasteiger charge is 2.31. The lowest BCUT2D eigenvalue weighted by atomic mass is 10.2. The number of nitrogens with zero attached hydrogens (tertiary/aromatic N) is 1. The Morgan fingerprint density at radius 3 is 2.90 bits per heavy atom. The van der Waals surface area contributed by atoms with Crippen LogP contribution in [0.3, 0.4) is 0 Å². The number of aliphatic carboxylic acids is 1. The van der Waals surface area contributed by atoms with Gasteiger partial charge >= 0.3 is 11.7 Å². The minimum absolute atomic E-state index is 0.0176. The van der Waals surface area contributed by atoms with Gasteiger partial charge in [-0.2, -0.15) is 0 Å². The van der Waals surface area contributed by atoms with E-state index in [4.69, 9.17) is 14.6 Å². The fourth-order valence-corrected chi connectivity index (χ4v) is 1.95. The number of ether oxygens (including phenoxy) is 2. The van der Waals surface area contributed by atoms with E-state index >= 15 is 0 Å². The number of rotatable bonds is 5. The lowest BCUT2D eigenvalue weighted by Gasteiger charge is -2.12. The van der Waals surface area contributed by atoms with Crippen molar-refractivity contribution in [3.05, 3.63) is 34.1 Å². The summed E-state index contributed by atoms with van der Waals surface area (Å²) in [6, 6.07) is 2.99. The van der Waals surface area contributed by atoms with Crippen LogP contribution in [-0.2, 0) is 9.53 Å². The number of nitro benzene ring substituents is 1. The molecule has 1 saturated heterocycles. The second-order valence-electron chi connectivity index (χ2n) is 4.34. The molecule has 1 aromatic rings. The number of benzene rings is 1. The molecule has 1 aliphatic rings. The van der Waals surface area contributed by atoms with Crippen LogP contribution in [-0.4, -0.2) is 34.8 Å². The van der Waals surface area contributed by atoms with Crippen LogP contribution in [0.1, 0.15) is 12.8 Å². The van der Waals surface area contributed by atoms with Crippen molar-refractivity contribution < 1.29 is 28.7 Å². The number of carbonyl (C=O) groups is 1. The molecular formula is C12H12FNO6. The van der Waals surface area contributed by atoms with Crippen molar-refractivity contribution in [2.75, 3.05) is 6.61 Å². The fourth-order valence-electron chi connectivity index (χ4n) is 1.95. The van der Waals surface area contributed by atoms with E-state index in [2.05, 4.69) is 0 Å². The SMILES string of the molecule is O=C(O)C1CCC(COc2ccc(F)cc2[N+](=O)[O-])O1. The van der Waals surface area contributed by atoms with Gasteiger partial charge in [-0.15, -0.1) is 0 Å². The maximum absolute atomic E-state index is 12.9. The Bertz CT molecular complexity index is 535. The number of carboxylic acid groups (broad SMARTS) is 1. The zero-order chi connectivity index (χ0) is 14.7. The van der Waals surface area contributed by atoms with Crippen LogP contribution in [0, 0.1) is 15.9 Å². The van der Waals surface area contributed by atoms with E-state index in [-0.39, 0.29) is 12.4 Å². The second-order valence-corrected chi connectivity index (χ2v) is 4.34. The Labute approximate surface area is 113 Å². The molecule has 0 spiro atoms. The quantitative estimate of drug-likeness (QED) is 0.653. The Balaban J connectivity index is 1.98. The van der Waals surface area contributed by atoms with Gasteiger partial charge in [-0.3, -0.25) is 10.1 Å². The maximum atomic E-state index is 12.9. The van der Waals surface area contributed by atoms with E-state index in [1.54, 1.807) is 0 Å². The Kier molecular flexibility index (Phi) is 4.14. The van der Waals surface area contributed by atoms with Gasteiger partial charge in [0.05, 0.1) is 17.1 Å². The van der Waals surface area contributed by atoms with E-state index in [1.807, 2.05) is 0 Å². The molecule has 8 heteroatoms. The molecule has 1 aliphatic heterocycles. The van der Waals surface area contributed by atoms with Gasteiger partial charge in [-0.1, -0.05) is 0 Å². The lowest BCUT2D eigenvalue weighted by molar-refractivity contribution is -0.386. The van der Waals surface area contributed by atoms with Gasteiger partial charge in [0.25, 0.3) is 0 Å². The largest absolute Gasteiger partial charge is 0.484 e. The zero-order valence-corrected chi connectivity index (χ0v) is 10.3. The van der Waals surface area contributed by atoms with Crippen molar-refractivity contribution >= 4 is 11.7 Å². The Hall–Kier alpha value is -2.22. The van der Waals surface area contributed by atoms with Crippen LogP contribution in [0.25, 0.3) is 0 Å². The Morgan fingerprint density at radius 1 is 1.55 bits per heavy atom. The van der Waals surface area contributed by atoms with Crippen LogP contribution >= 0.6 is 0 Å². The molecule has 1 N–H and O–H groups in total. The maximum Gasteiger partial charge on any atom is 0.332 e. The van der Waals surface area contributed by atoms with Gasteiger partial charge in [0.1, 0.15) is 12.4 Å². The van der Waals surface area contributed by atoms with Crippen molar-refractivity contribution in [1.82, 2.24) is 0 Å². The van der Waals surface area contributed by atoms with Crippen molar-refractivity contribution in [3.8, 4) is 5.75 Å². The van der Waals surface area contributed by atoms with Crippen molar-refractivity contribution in [3.63, 3.8) is 0 Å². The van der Waals surface area contributed by atoms with E-state index in [0.29, 0.717) is 12.8 Å². The number of hydrogen-bond donors (Lipinski definition) is 1. The molecule has 0 radical (unpaired) electrons. The average molecular weight is 285 g/mol. The van der Waals surface area contributed by atoms with Crippen molar-refractivity contribution in [1.29, 1.82) is 0 Å². The molecular weight excluding hydrogens is 273 g/mol. The summed E-state index contributed by atoms with van der Waals surface area (Å²) in [5.74, 6) is -1.84. The minimum Gasteiger partial charge on any atom is -0.484 e. The third-order valence-corrected chi connectivity index (χ3v) is 2.93. The molecule has 2 atom stereocenters. The zero-order valence-electron chi connectivity index (χ0n) is 10.3. The molecule has 2 rings (SSSR count). The highest BCUT2D eigenvalue weighted by atomic mass is 19.1. The first-order chi connectivity index (χ1) is 9.47. The summed E-state index contributed by atoms with van der Waals surface area (Å²) in [5, 5.41) is 19.5. The number of nitro groups is 1. The number of hydrogen-bond acceptors (Lipinski definition) is 5. The summed E-state index contributed by atoms with van der Waals surface area (Å²) in [7, 11) is 0. The molecule has 7 nitrogen and oxygen atoms in total. The summed E-state index contributed by atoms with van der Waals surface area (Å²) in [5.41, 5.74) is -0.474. The first-order valence-electron chi connectivity index (χ1n) is 5.92. The molecule has 20 heavy (non-hydrogen) atoms. The minimum atomic E-state index is -1.04. The van der Waals surface area contributed by atoms with Gasteiger partial charge < -0.3 is 14.6 Å². The normalized spacial score (nSPS) is 21.6. The van der Waals surface area contributed by atoms with Gasteiger partial charge in [0.15, 0.2) is 11.9 Å². The average Bonchev–Trinajstić information content (AvgIpc) is 2.86. The summed E-state index contributed by atoms with van der Waals surface area (Å²) >= 11 is 0. The molecule has 2 unspecified atom stereocenters. The van der Waals surface area contributed by atoms with Crippen molar-refractivity contribution in [2.45, 2.75) is 25.0 Å². The molecule has 0 saturated carbocycles. The summed E-state index contributed by atoms with van der Waals surface area (Å²) < 4.78 is 23.4. The summed E-state index contributed by atoms with van der Waals surface area (Å²) in [6.07, 6.45) is -0.451. The highest BCUT2D eigenvalue weighted by molar-refractivity contribution is 5.72. The highest BCUT2D eigenvalue weighted by Crippen LogP contribution is 2.28. The first kappa shape index (κ1) is 14.2. The van der Waals surface area contributed by atoms with Gasteiger partial charge in [0.2, 0.25) is 0 Å². The van der Waals surface area contributed by atoms with Crippen molar-refractivity contribution in [2.24, 2.45) is 0 Å². The predicted molar refractivity (Wildman–Crippen MR) is 64.1 cm³/mol. The molecule has 1 fully saturated rings. The Morgan fingerprint density at radius 2 is 2.30 bits per heavy atom. The van der Waals surface area contributed by atoms with Crippen LogP contribution in [0.2, 0.25) is 0 Å². The second kappa shape index (κ2) is 5.83. The predicted octanol–water partition coefficient (Wildman–Crippen LogP) is 1.74. The molecule has 1 heterocycles. The van der Waals surface area contributed by atoms with Crippen LogP contribution in [0.4, 0.5) is 10.1 Å². The van der Waals surface area contributed by atoms with Crippen LogP contribution < -0.4 is 4.74 Å². The molecule has 0 aromatic heterocycles. The molecule has 0 amide bonds. The van der Waals surface area contributed by atoms with E-state index < -0.39 is 34.6 Å². The molecule has 1 aromatic carbocycles. The number of halogens is 1. The third kappa shape index (κ3) is 3.21. The summed E-state index contributed by atoms with van der Waals surface area (Å²) in [4.78, 5) is 20.7. The topological polar surface area (TPSA) is 98.9 Å². The molecule has 0 bridgehead atoms.